The van der Waals surface area contributed by atoms with E-state index in [9.17, 15) is 4.79 Å². The largest absolute Gasteiger partial charge is 0.497 e. The molecule has 0 aliphatic heterocycles. The average molecular weight is 305 g/mol. The predicted octanol–water partition coefficient (Wildman–Crippen LogP) is 1.30. The number of hydrogen-bond acceptors (Lipinski definition) is 6. The number of nitrogens with zero attached hydrogens (tertiary/aromatic N) is 2. The number of ether oxygens (including phenoxy) is 2. The molecule has 0 bridgehead atoms. The number of carbonyl (C=O) groups excluding carboxylic acids is 1. The molecular formula is C15H19N3O4. The minimum absolute atomic E-state index is 0.104. The standard InChI is InChI=1S/C15H19N3O4/c1-10-17-14(18-22-10)9-15(19)16-7-6-11-8-12(20-2)4-5-13(11)21-3/h4-5,8H,6-7,9H2,1-3H3,(H,16,19). The third-order valence-corrected chi connectivity index (χ3v) is 3.09. The molecule has 7 heteroatoms. The van der Waals surface area contributed by atoms with Gasteiger partial charge < -0.3 is 19.3 Å². The second-order valence-corrected chi connectivity index (χ2v) is 4.68. The van der Waals surface area contributed by atoms with Gasteiger partial charge in [-0.1, -0.05) is 5.16 Å². The van der Waals surface area contributed by atoms with Crippen LogP contribution in [0.25, 0.3) is 0 Å². The predicted molar refractivity (Wildman–Crippen MR) is 79.0 cm³/mol. The lowest BCUT2D eigenvalue weighted by Crippen LogP contribution is -2.27. The summed E-state index contributed by atoms with van der Waals surface area (Å²) < 4.78 is 15.3. The summed E-state index contributed by atoms with van der Waals surface area (Å²) >= 11 is 0. The van der Waals surface area contributed by atoms with Crippen molar-refractivity contribution in [3.8, 4) is 11.5 Å². The van der Waals surface area contributed by atoms with Crippen LogP contribution in [0.3, 0.4) is 0 Å². The number of rotatable bonds is 7. The summed E-state index contributed by atoms with van der Waals surface area (Å²) in [4.78, 5) is 15.8. The molecule has 0 atom stereocenters. The molecule has 0 saturated carbocycles. The van der Waals surface area contributed by atoms with E-state index in [1.807, 2.05) is 18.2 Å². The lowest BCUT2D eigenvalue weighted by atomic mass is 10.1. The zero-order valence-electron chi connectivity index (χ0n) is 12.9. The van der Waals surface area contributed by atoms with E-state index in [0.717, 1.165) is 17.1 Å². The fourth-order valence-corrected chi connectivity index (χ4v) is 2.03. The van der Waals surface area contributed by atoms with Crippen LogP contribution in [0.2, 0.25) is 0 Å². The van der Waals surface area contributed by atoms with Crippen LogP contribution in [0.5, 0.6) is 11.5 Å². The first kappa shape index (κ1) is 15.8. The Balaban J connectivity index is 1.86. The van der Waals surface area contributed by atoms with Crippen molar-refractivity contribution in [1.29, 1.82) is 0 Å². The lowest BCUT2D eigenvalue weighted by molar-refractivity contribution is -0.120. The Morgan fingerprint density at radius 2 is 2.14 bits per heavy atom. The minimum Gasteiger partial charge on any atom is -0.497 e. The monoisotopic (exact) mass is 305 g/mol. The molecule has 0 saturated heterocycles. The number of aryl methyl sites for hydroxylation is 1. The number of amides is 1. The summed E-state index contributed by atoms with van der Waals surface area (Å²) in [6.07, 6.45) is 0.740. The van der Waals surface area contributed by atoms with Crippen molar-refractivity contribution in [1.82, 2.24) is 15.5 Å². The Morgan fingerprint density at radius 3 is 2.77 bits per heavy atom. The van der Waals surface area contributed by atoms with Gasteiger partial charge in [-0.15, -0.1) is 0 Å². The van der Waals surface area contributed by atoms with Crippen molar-refractivity contribution in [3.63, 3.8) is 0 Å². The molecule has 1 amide bonds. The van der Waals surface area contributed by atoms with Crippen molar-refractivity contribution in [2.75, 3.05) is 20.8 Å². The molecule has 2 rings (SSSR count). The van der Waals surface area contributed by atoms with E-state index < -0.39 is 0 Å². The van der Waals surface area contributed by atoms with E-state index in [-0.39, 0.29) is 12.3 Å². The van der Waals surface area contributed by atoms with Crippen molar-refractivity contribution in [3.05, 3.63) is 35.5 Å². The average Bonchev–Trinajstić information content (AvgIpc) is 2.92. The van der Waals surface area contributed by atoms with E-state index >= 15 is 0 Å². The Labute approximate surface area is 128 Å². The van der Waals surface area contributed by atoms with Crippen LogP contribution >= 0.6 is 0 Å². The molecule has 1 N–H and O–H groups in total. The maximum atomic E-state index is 11.8. The first-order valence-corrected chi connectivity index (χ1v) is 6.89. The van der Waals surface area contributed by atoms with Crippen LogP contribution in [-0.4, -0.2) is 36.8 Å². The third kappa shape index (κ3) is 4.21. The zero-order valence-corrected chi connectivity index (χ0v) is 12.9. The van der Waals surface area contributed by atoms with Crippen LogP contribution in [0.1, 0.15) is 17.3 Å². The van der Waals surface area contributed by atoms with Crippen molar-refractivity contribution in [2.24, 2.45) is 0 Å². The van der Waals surface area contributed by atoms with Gasteiger partial charge in [0.25, 0.3) is 0 Å². The summed E-state index contributed by atoms with van der Waals surface area (Å²) in [5.74, 6) is 2.20. The highest BCUT2D eigenvalue weighted by atomic mass is 16.5. The van der Waals surface area contributed by atoms with Crippen molar-refractivity contribution >= 4 is 5.91 Å². The van der Waals surface area contributed by atoms with Crippen molar-refractivity contribution in [2.45, 2.75) is 19.8 Å². The van der Waals surface area contributed by atoms with E-state index in [2.05, 4.69) is 15.5 Å². The summed E-state index contributed by atoms with van der Waals surface area (Å²) in [5, 5.41) is 6.51. The van der Waals surface area contributed by atoms with Crippen LogP contribution in [-0.2, 0) is 17.6 Å². The molecule has 2 aromatic rings. The highest BCUT2D eigenvalue weighted by molar-refractivity contribution is 5.77. The Bertz CT molecular complexity index is 639. The van der Waals surface area contributed by atoms with Gasteiger partial charge in [0.15, 0.2) is 5.82 Å². The lowest BCUT2D eigenvalue weighted by Gasteiger charge is -2.10. The number of aromatic nitrogens is 2. The topological polar surface area (TPSA) is 86.5 Å². The fraction of sp³-hybridized carbons (Fsp3) is 0.400. The molecule has 0 aliphatic rings. The maximum Gasteiger partial charge on any atom is 0.227 e. The normalized spacial score (nSPS) is 10.3. The quantitative estimate of drug-likeness (QED) is 0.829. The second-order valence-electron chi connectivity index (χ2n) is 4.68. The number of methoxy groups -OCH3 is 2. The van der Waals surface area contributed by atoms with Gasteiger partial charge in [0.1, 0.15) is 11.5 Å². The Hall–Kier alpha value is -2.57. The van der Waals surface area contributed by atoms with Gasteiger partial charge in [-0.25, -0.2) is 0 Å². The first-order chi connectivity index (χ1) is 10.6. The van der Waals surface area contributed by atoms with E-state index in [0.29, 0.717) is 24.7 Å². The van der Waals surface area contributed by atoms with Gasteiger partial charge in [-0.3, -0.25) is 4.79 Å². The summed E-state index contributed by atoms with van der Waals surface area (Å²) in [5.41, 5.74) is 0.970. The number of carbonyl (C=O) groups is 1. The van der Waals surface area contributed by atoms with Crippen molar-refractivity contribution < 1.29 is 18.8 Å². The molecule has 1 aromatic heterocycles. The number of benzene rings is 1. The van der Waals surface area contributed by atoms with Gasteiger partial charge >= 0.3 is 0 Å². The first-order valence-electron chi connectivity index (χ1n) is 6.89. The molecule has 1 aromatic carbocycles. The maximum absolute atomic E-state index is 11.8. The molecular weight excluding hydrogens is 286 g/mol. The Kier molecular flexibility index (Phi) is 5.35. The van der Waals surface area contributed by atoms with Gasteiger partial charge in [-0.2, -0.15) is 4.98 Å². The molecule has 0 fully saturated rings. The van der Waals surface area contributed by atoms with Gasteiger partial charge in [0.05, 0.1) is 20.6 Å². The smallest absolute Gasteiger partial charge is 0.227 e. The molecule has 0 aliphatic carbocycles. The van der Waals surface area contributed by atoms with Crippen LogP contribution < -0.4 is 14.8 Å². The zero-order chi connectivity index (χ0) is 15.9. The number of hydrogen-bond donors (Lipinski definition) is 1. The van der Waals surface area contributed by atoms with Gasteiger partial charge in [-0.05, 0) is 30.2 Å². The molecule has 0 spiro atoms. The third-order valence-electron chi connectivity index (χ3n) is 3.09. The molecule has 22 heavy (non-hydrogen) atoms. The number of nitrogens with one attached hydrogen (secondary N) is 1. The molecule has 118 valence electrons. The molecule has 1 heterocycles. The summed E-state index contributed by atoms with van der Waals surface area (Å²) in [6, 6.07) is 5.57. The molecule has 7 nitrogen and oxygen atoms in total. The van der Waals surface area contributed by atoms with Crippen LogP contribution in [0.4, 0.5) is 0 Å². The summed E-state index contributed by atoms with van der Waals surface area (Å²) in [6.45, 7) is 2.17. The van der Waals surface area contributed by atoms with Crippen LogP contribution in [0.15, 0.2) is 22.7 Å². The highest BCUT2D eigenvalue weighted by Gasteiger charge is 2.10. The SMILES string of the molecule is COc1ccc(OC)c(CCNC(=O)Cc2noc(C)n2)c1. The fourth-order valence-electron chi connectivity index (χ4n) is 2.03. The second kappa shape index (κ2) is 7.44. The van der Waals surface area contributed by atoms with E-state index in [1.54, 1.807) is 21.1 Å². The van der Waals surface area contributed by atoms with E-state index in [4.69, 9.17) is 14.0 Å². The molecule has 0 unspecified atom stereocenters. The minimum atomic E-state index is -0.150. The highest BCUT2D eigenvalue weighted by Crippen LogP contribution is 2.24. The van der Waals surface area contributed by atoms with Gasteiger partial charge in [0.2, 0.25) is 11.8 Å². The Morgan fingerprint density at radius 1 is 1.32 bits per heavy atom. The molecule has 0 radical (unpaired) electrons. The van der Waals surface area contributed by atoms with E-state index in [1.165, 1.54) is 0 Å². The van der Waals surface area contributed by atoms with Crippen LogP contribution in [0, 0.1) is 6.92 Å². The van der Waals surface area contributed by atoms with Gasteiger partial charge in [0, 0.05) is 13.5 Å². The summed E-state index contributed by atoms with van der Waals surface area (Å²) in [7, 11) is 3.22.